The van der Waals surface area contributed by atoms with Gasteiger partial charge in [-0.15, -0.1) is 36.2 Å². The summed E-state index contributed by atoms with van der Waals surface area (Å²) in [5, 5.41) is 2.99. The zero-order valence-corrected chi connectivity index (χ0v) is 16.2. The van der Waals surface area contributed by atoms with Crippen LogP contribution in [0.5, 0.6) is 0 Å². The molecular weight excluding hydrogens is 365 g/mol. The Morgan fingerprint density at radius 1 is 1.42 bits per heavy atom. The van der Waals surface area contributed by atoms with E-state index in [1.54, 1.807) is 11.3 Å². The lowest BCUT2D eigenvalue weighted by atomic mass is 10.1. The SMILES string of the molecule is Cc1csc(-c2cccc(C(=O)N3CC(CN)CC3C)c2)n1.Cl.Cl. The quantitative estimate of drug-likeness (QED) is 0.871. The van der Waals surface area contributed by atoms with Gasteiger partial charge in [-0.3, -0.25) is 4.79 Å². The lowest BCUT2D eigenvalue weighted by Gasteiger charge is -2.21. The fraction of sp³-hybridized carbons (Fsp3) is 0.412. The van der Waals surface area contributed by atoms with Crippen molar-refractivity contribution >= 4 is 42.1 Å². The van der Waals surface area contributed by atoms with Gasteiger partial charge in [-0.25, -0.2) is 4.98 Å². The lowest BCUT2D eigenvalue weighted by molar-refractivity contribution is 0.0743. The molecule has 0 spiro atoms. The molecule has 2 atom stereocenters. The van der Waals surface area contributed by atoms with E-state index in [1.807, 2.05) is 41.5 Å². The summed E-state index contributed by atoms with van der Waals surface area (Å²) in [6, 6.07) is 8.02. The molecule has 2 aromatic rings. The van der Waals surface area contributed by atoms with E-state index < -0.39 is 0 Å². The topological polar surface area (TPSA) is 59.2 Å². The van der Waals surface area contributed by atoms with Crippen LogP contribution in [0.3, 0.4) is 0 Å². The first-order chi connectivity index (χ1) is 10.6. The second-order valence-electron chi connectivity index (χ2n) is 6.02. The van der Waals surface area contributed by atoms with Crippen LogP contribution in [-0.4, -0.2) is 34.9 Å². The summed E-state index contributed by atoms with van der Waals surface area (Å²) in [5.74, 6) is 0.516. The van der Waals surface area contributed by atoms with Gasteiger partial charge in [-0.1, -0.05) is 12.1 Å². The molecule has 4 nitrogen and oxygen atoms in total. The van der Waals surface area contributed by atoms with Crippen LogP contribution in [0.4, 0.5) is 0 Å². The Morgan fingerprint density at radius 2 is 2.17 bits per heavy atom. The molecule has 1 aromatic heterocycles. The van der Waals surface area contributed by atoms with Crippen LogP contribution in [0.15, 0.2) is 29.6 Å². The van der Waals surface area contributed by atoms with Crippen LogP contribution in [0.1, 0.15) is 29.4 Å². The molecular formula is C17H23Cl2N3OS. The number of thiazole rings is 1. The van der Waals surface area contributed by atoms with Gasteiger partial charge in [-0.2, -0.15) is 0 Å². The minimum absolute atomic E-state index is 0. The Bertz CT molecular complexity index is 692. The smallest absolute Gasteiger partial charge is 0.254 e. The Morgan fingerprint density at radius 3 is 2.75 bits per heavy atom. The minimum atomic E-state index is 0. The highest BCUT2D eigenvalue weighted by Gasteiger charge is 2.32. The lowest BCUT2D eigenvalue weighted by Crippen LogP contribution is -2.34. The molecule has 132 valence electrons. The molecule has 7 heteroatoms. The van der Waals surface area contributed by atoms with E-state index in [1.165, 1.54) is 0 Å². The monoisotopic (exact) mass is 387 g/mol. The fourth-order valence-corrected chi connectivity index (χ4v) is 3.83. The second kappa shape index (κ2) is 8.81. The number of likely N-dealkylation sites (tertiary alicyclic amines) is 1. The number of hydrogen-bond donors (Lipinski definition) is 1. The summed E-state index contributed by atoms with van der Waals surface area (Å²) in [6.07, 6.45) is 0.994. The number of aryl methyl sites for hydroxylation is 1. The minimum Gasteiger partial charge on any atom is -0.336 e. The fourth-order valence-electron chi connectivity index (χ4n) is 3.03. The average molecular weight is 388 g/mol. The van der Waals surface area contributed by atoms with Crippen molar-refractivity contribution in [2.24, 2.45) is 11.7 Å². The number of nitrogens with zero attached hydrogens (tertiary/aromatic N) is 2. The number of carbonyl (C=O) groups is 1. The summed E-state index contributed by atoms with van der Waals surface area (Å²) >= 11 is 1.61. The highest BCUT2D eigenvalue weighted by Crippen LogP contribution is 2.27. The van der Waals surface area contributed by atoms with Crippen molar-refractivity contribution < 1.29 is 4.79 Å². The van der Waals surface area contributed by atoms with E-state index >= 15 is 0 Å². The maximum Gasteiger partial charge on any atom is 0.254 e. The number of amides is 1. The van der Waals surface area contributed by atoms with Crippen LogP contribution in [0, 0.1) is 12.8 Å². The van der Waals surface area contributed by atoms with Gasteiger partial charge in [0.1, 0.15) is 5.01 Å². The molecule has 1 aliphatic rings. The van der Waals surface area contributed by atoms with Gasteiger partial charge in [0.05, 0.1) is 0 Å². The molecule has 1 fully saturated rings. The number of benzene rings is 1. The second-order valence-corrected chi connectivity index (χ2v) is 6.88. The van der Waals surface area contributed by atoms with Gasteiger partial charge >= 0.3 is 0 Å². The van der Waals surface area contributed by atoms with Crippen LogP contribution in [0.25, 0.3) is 10.6 Å². The molecule has 2 N–H and O–H groups in total. The van der Waals surface area contributed by atoms with E-state index in [0.29, 0.717) is 12.5 Å². The van der Waals surface area contributed by atoms with E-state index in [2.05, 4.69) is 11.9 Å². The zero-order valence-electron chi connectivity index (χ0n) is 13.8. The number of nitrogens with two attached hydrogens (primary N) is 1. The van der Waals surface area contributed by atoms with E-state index in [-0.39, 0.29) is 36.8 Å². The van der Waals surface area contributed by atoms with Crippen molar-refractivity contribution in [3.8, 4) is 10.6 Å². The summed E-state index contributed by atoms with van der Waals surface area (Å²) < 4.78 is 0. The van der Waals surface area contributed by atoms with Crippen LogP contribution in [-0.2, 0) is 0 Å². The number of rotatable bonds is 3. The molecule has 2 unspecified atom stereocenters. The third-order valence-electron chi connectivity index (χ3n) is 4.23. The summed E-state index contributed by atoms with van der Waals surface area (Å²) in [4.78, 5) is 19.2. The van der Waals surface area contributed by atoms with Gasteiger partial charge < -0.3 is 10.6 Å². The van der Waals surface area contributed by atoms with Gasteiger partial charge in [0.2, 0.25) is 0 Å². The van der Waals surface area contributed by atoms with E-state index in [4.69, 9.17) is 5.73 Å². The highest BCUT2D eigenvalue weighted by atomic mass is 35.5. The molecule has 0 aliphatic carbocycles. The van der Waals surface area contributed by atoms with Crippen LogP contribution >= 0.6 is 36.2 Å². The van der Waals surface area contributed by atoms with Crippen molar-refractivity contribution in [3.05, 3.63) is 40.9 Å². The molecule has 1 aromatic carbocycles. The van der Waals surface area contributed by atoms with Crippen molar-refractivity contribution in [1.82, 2.24) is 9.88 Å². The predicted molar refractivity (Wildman–Crippen MR) is 104 cm³/mol. The molecule has 1 saturated heterocycles. The van der Waals surface area contributed by atoms with Crippen molar-refractivity contribution in [2.75, 3.05) is 13.1 Å². The normalized spacial score (nSPS) is 19.5. The zero-order chi connectivity index (χ0) is 15.7. The number of aromatic nitrogens is 1. The molecule has 0 saturated carbocycles. The van der Waals surface area contributed by atoms with Crippen molar-refractivity contribution in [2.45, 2.75) is 26.3 Å². The number of halogens is 2. The first-order valence-electron chi connectivity index (χ1n) is 7.62. The van der Waals surface area contributed by atoms with Crippen LogP contribution < -0.4 is 5.73 Å². The Hall–Kier alpha value is -1.14. The van der Waals surface area contributed by atoms with Gasteiger partial charge in [0, 0.05) is 34.8 Å². The van der Waals surface area contributed by atoms with Crippen molar-refractivity contribution in [3.63, 3.8) is 0 Å². The third-order valence-corrected chi connectivity index (χ3v) is 5.24. The van der Waals surface area contributed by atoms with Crippen molar-refractivity contribution in [1.29, 1.82) is 0 Å². The summed E-state index contributed by atoms with van der Waals surface area (Å²) in [5.41, 5.74) is 8.50. The first kappa shape index (κ1) is 20.9. The molecule has 3 rings (SSSR count). The Balaban J connectivity index is 0.00000144. The van der Waals surface area contributed by atoms with Gasteiger partial charge in [0.15, 0.2) is 0 Å². The largest absolute Gasteiger partial charge is 0.336 e. The third kappa shape index (κ3) is 4.28. The summed E-state index contributed by atoms with van der Waals surface area (Å²) in [7, 11) is 0. The maximum absolute atomic E-state index is 12.8. The molecule has 2 heterocycles. The Kier molecular flexibility index (Phi) is 7.67. The maximum atomic E-state index is 12.8. The van der Waals surface area contributed by atoms with E-state index in [9.17, 15) is 4.79 Å². The van der Waals surface area contributed by atoms with E-state index in [0.717, 1.165) is 34.8 Å². The van der Waals surface area contributed by atoms with Gasteiger partial charge in [-0.05, 0) is 44.9 Å². The number of carbonyl (C=O) groups excluding carboxylic acids is 1. The van der Waals surface area contributed by atoms with Gasteiger partial charge in [0.25, 0.3) is 5.91 Å². The Labute approximate surface area is 159 Å². The molecule has 0 radical (unpaired) electrons. The molecule has 0 bridgehead atoms. The standard InChI is InChI=1S/C17H21N3OS.2ClH/c1-11-10-22-16(19-11)14-4-3-5-15(7-14)17(21)20-9-13(8-18)6-12(20)2;;/h3-5,7,10,12-13H,6,8-9,18H2,1-2H3;2*1H. The molecule has 1 aliphatic heterocycles. The predicted octanol–water partition coefficient (Wildman–Crippen LogP) is 3.77. The first-order valence-corrected chi connectivity index (χ1v) is 8.50. The highest BCUT2D eigenvalue weighted by molar-refractivity contribution is 7.13. The summed E-state index contributed by atoms with van der Waals surface area (Å²) in [6.45, 7) is 5.49. The number of hydrogen-bond acceptors (Lipinski definition) is 4. The molecule has 1 amide bonds. The average Bonchev–Trinajstić information content (AvgIpc) is 3.12. The molecule has 24 heavy (non-hydrogen) atoms. The van der Waals surface area contributed by atoms with Crippen LogP contribution in [0.2, 0.25) is 0 Å².